The molecule has 108 valence electrons. The number of imidazole rings is 1. The molecule has 0 aliphatic carbocycles. The lowest BCUT2D eigenvalue weighted by Crippen LogP contribution is -2.33. The molecule has 1 aliphatic rings. The maximum absolute atomic E-state index is 11.8. The number of aliphatic hydroxyl groups excluding tert-OH is 3. The number of nitrogens with two attached hydrogens (primary N) is 1. The lowest BCUT2D eigenvalue weighted by molar-refractivity contribution is -0.0509. The Morgan fingerprint density at radius 1 is 1.45 bits per heavy atom. The summed E-state index contributed by atoms with van der Waals surface area (Å²) in [5.41, 5.74) is 5.30. The lowest BCUT2D eigenvalue weighted by Gasteiger charge is -2.16. The molecule has 1 fully saturated rings. The minimum Gasteiger partial charge on any atom is -0.394 e. The minimum absolute atomic E-state index is 0.0325. The van der Waals surface area contributed by atoms with E-state index >= 15 is 0 Å². The van der Waals surface area contributed by atoms with Crippen molar-refractivity contribution in [2.75, 3.05) is 12.3 Å². The average Bonchev–Trinajstić information content (AvgIpc) is 2.99. The smallest absolute Gasteiger partial charge is 0.290 e. The largest absolute Gasteiger partial charge is 0.394 e. The number of nitrogens with one attached hydrogen (secondary N) is 1. The van der Waals surface area contributed by atoms with Gasteiger partial charge in [0.1, 0.15) is 29.3 Å². The van der Waals surface area contributed by atoms with Crippen LogP contribution in [0.25, 0.3) is 11.0 Å². The molecule has 2 aromatic rings. The molecule has 0 aromatic carbocycles. The molecule has 10 heteroatoms. The summed E-state index contributed by atoms with van der Waals surface area (Å²) in [6.07, 6.45) is -3.29. The van der Waals surface area contributed by atoms with E-state index in [9.17, 15) is 15.0 Å². The number of aliphatic hydroxyl groups is 3. The van der Waals surface area contributed by atoms with Gasteiger partial charge >= 0.3 is 0 Å². The van der Waals surface area contributed by atoms with E-state index in [1.54, 1.807) is 0 Å². The monoisotopic (exact) mass is 283 g/mol. The quantitative estimate of drug-likeness (QED) is 0.398. The number of aromatic amines is 1. The highest BCUT2D eigenvalue weighted by Gasteiger charge is 2.44. The number of anilines is 1. The van der Waals surface area contributed by atoms with E-state index in [2.05, 4.69) is 15.2 Å². The molecule has 4 atom stereocenters. The van der Waals surface area contributed by atoms with Gasteiger partial charge in [0.15, 0.2) is 12.0 Å². The number of aromatic nitrogens is 4. The van der Waals surface area contributed by atoms with Crippen molar-refractivity contribution in [3.63, 3.8) is 0 Å². The average molecular weight is 283 g/mol. The minimum atomic E-state index is -1.31. The van der Waals surface area contributed by atoms with Gasteiger partial charge in [0.25, 0.3) is 5.56 Å². The summed E-state index contributed by atoms with van der Waals surface area (Å²) >= 11 is 0. The Balaban J connectivity index is 2.12. The fourth-order valence-corrected chi connectivity index (χ4v) is 2.29. The Labute approximate surface area is 111 Å². The van der Waals surface area contributed by atoms with E-state index in [0.717, 1.165) is 0 Å². The maximum atomic E-state index is 11.8. The number of rotatable bonds is 2. The van der Waals surface area contributed by atoms with Gasteiger partial charge in [0, 0.05) is 0 Å². The lowest BCUT2D eigenvalue weighted by atomic mass is 10.1. The predicted octanol–water partition coefficient (Wildman–Crippen LogP) is -2.69. The first-order valence-electron chi connectivity index (χ1n) is 5.87. The number of hydrogen-bond acceptors (Lipinski definition) is 8. The van der Waals surface area contributed by atoms with Crippen LogP contribution >= 0.6 is 0 Å². The Morgan fingerprint density at radius 2 is 2.20 bits per heavy atom. The van der Waals surface area contributed by atoms with Gasteiger partial charge in [-0.25, -0.2) is 10.1 Å². The molecule has 1 saturated heterocycles. The molecule has 10 nitrogen and oxygen atoms in total. The first-order chi connectivity index (χ1) is 9.54. The summed E-state index contributed by atoms with van der Waals surface area (Å²) in [5.74, 6) is 0.0325. The van der Waals surface area contributed by atoms with Crippen LogP contribution in [-0.4, -0.2) is 60.0 Å². The van der Waals surface area contributed by atoms with Crippen molar-refractivity contribution in [1.82, 2.24) is 19.7 Å². The van der Waals surface area contributed by atoms with Gasteiger partial charge in [-0.2, -0.15) is 5.10 Å². The number of hydrogen-bond donors (Lipinski definition) is 5. The van der Waals surface area contributed by atoms with Gasteiger partial charge in [0.2, 0.25) is 0 Å². The Morgan fingerprint density at radius 3 is 2.85 bits per heavy atom. The molecule has 20 heavy (non-hydrogen) atoms. The predicted molar refractivity (Wildman–Crippen MR) is 65.6 cm³/mol. The zero-order chi connectivity index (χ0) is 14.4. The highest BCUT2D eigenvalue weighted by atomic mass is 16.6. The zero-order valence-corrected chi connectivity index (χ0v) is 10.2. The van der Waals surface area contributed by atoms with Crippen molar-refractivity contribution >= 4 is 16.9 Å². The Bertz CT molecular complexity index is 697. The highest BCUT2D eigenvalue weighted by molar-refractivity contribution is 5.83. The van der Waals surface area contributed by atoms with Crippen molar-refractivity contribution in [3.05, 3.63) is 16.7 Å². The zero-order valence-electron chi connectivity index (χ0n) is 10.2. The third-order valence-corrected chi connectivity index (χ3v) is 3.32. The fourth-order valence-electron chi connectivity index (χ4n) is 2.29. The van der Waals surface area contributed by atoms with Crippen LogP contribution < -0.4 is 11.3 Å². The van der Waals surface area contributed by atoms with Crippen LogP contribution in [-0.2, 0) is 4.74 Å². The molecule has 6 N–H and O–H groups in total. The topological polar surface area (TPSA) is 160 Å². The van der Waals surface area contributed by atoms with Crippen molar-refractivity contribution in [1.29, 1.82) is 0 Å². The van der Waals surface area contributed by atoms with E-state index in [1.807, 2.05) is 0 Å². The molecule has 1 aliphatic heterocycles. The van der Waals surface area contributed by atoms with Crippen LogP contribution in [0.3, 0.4) is 0 Å². The van der Waals surface area contributed by atoms with Crippen molar-refractivity contribution in [2.24, 2.45) is 0 Å². The molecule has 3 rings (SSSR count). The molecule has 3 heterocycles. The summed E-state index contributed by atoms with van der Waals surface area (Å²) < 4.78 is 6.60. The SMILES string of the molecule is Nc1n[nH]c(=O)c2c1ncn2[C@@H]1O[C@H](CO)[C@@H](O)[C@H]1O. The van der Waals surface area contributed by atoms with Gasteiger partial charge in [-0.3, -0.25) is 9.36 Å². The summed E-state index contributed by atoms with van der Waals surface area (Å²) in [7, 11) is 0. The number of fused-ring (bicyclic) bond motifs is 1. The summed E-state index contributed by atoms with van der Waals surface area (Å²) in [4.78, 5) is 15.8. The van der Waals surface area contributed by atoms with Gasteiger partial charge in [-0.1, -0.05) is 0 Å². The van der Waals surface area contributed by atoms with Crippen molar-refractivity contribution < 1.29 is 20.1 Å². The Kier molecular flexibility index (Phi) is 2.94. The maximum Gasteiger partial charge on any atom is 0.290 e. The number of nitrogens with zero attached hydrogens (tertiary/aromatic N) is 3. The number of H-pyrrole nitrogens is 1. The molecular weight excluding hydrogens is 270 g/mol. The molecule has 0 radical (unpaired) electrons. The number of nitrogen functional groups attached to an aromatic ring is 1. The second kappa shape index (κ2) is 4.52. The van der Waals surface area contributed by atoms with E-state index in [-0.39, 0.29) is 16.9 Å². The van der Waals surface area contributed by atoms with Crippen LogP contribution in [0.2, 0.25) is 0 Å². The molecule has 0 amide bonds. The van der Waals surface area contributed by atoms with E-state index < -0.39 is 36.7 Å². The van der Waals surface area contributed by atoms with E-state index in [0.29, 0.717) is 0 Å². The van der Waals surface area contributed by atoms with Crippen LogP contribution in [0, 0.1) is 0 Å². The molecule has 0 spiro atoms. The Hall–Kier alpha value is -2.01. The van der Waals surface area contributed by atoms with E-state index in [4.69, 9.17) is 15.6 Å². The number of ether oxygens (including phenoxy) is 1. The van der Waals surface area contributed by atoms with Crippen LogP contribution in [0.15, 0.2) is 11.1 Å². The van der Waals surface area contributed by atoms with Gasteiger partial charge in [0.05, 0.1) is 12.9 Å². The standard InChI is InChI=1S/C10H13N5O5/c11-8-4-5(9(19)14-13-8)15(2-12-4)10-7(18)6(17)3(1-16)20-10/h2-3,6-7,10,16-18H,1H2,(H2,11,13)(H,14,19)/t3-,6-,7-,10-/m1/s1. The summed E-state index contributed by atoms with van der Waals surface area (Å²) in [6.45, 7) is -0.457. The molecule has 0 unspecified atom stereocenters. The normalized spacial score (nSPS) is 30.1. The fraction of sp³-hybridized carbons (Fsp3) is 0.500. The van der Waals surface area contributed by atoms with Crippen molar-refractivity contribution in [2.45, 2.75) is 24.5 Å². The first-order valence-corrected chi connectivity index (χ1v) is 5.87. The highest BCUT2D eigenvalue weighted by Crippen LogP contribution is 2.31. The van der Waals surface area contributed by atoms with Crippen LogP contribution in [0.1, 0.15) is 6.23 Å². The van der Waals surface area contributed by atoms with Crippen LogP contribution in [0.4, 0.5) is 5.82 Å². The van der Waals surface area contributed by atoms with Gasteiger partial charge in [-0.15, -0.1) is 0 Å². The molecule has 0 bridgehead atoms. The second-order valence-corrected chi connectivity index (χ2v) is 4.52. The van der Waals surface area contributed by atoms with Gasteiger partial charge in [-0.05, 0) is 0 Å². The van der Waals surface area contributed by atoms with Gasteiger partial charge < -0.3 is 25.8 Å². The summed E-state index contributed by atoms with van der Waals surface area (Å²) in [5, 5.41) is 34.5. The molecular formula is C10H13N5O5. The first kappa shape index (κ1) is 13.0. The summed E-state index contributed by atoms with van der Waals surface area (Å²) in [6, 6.07) is 0. The third-order valence-electron chi connectivity index (χ3n) is 3.32. The van der Waals surface area contributed by atoms with Crippen molar-refractivity contribution in [3.8, 4) is 0 Å². The molecule has 0 saturated carbocycles. The molecule has 2 aromatic heterocycles. The third kappa shape index (κ3) is 1.70. The second-order valence-electron chi connectivity index (χ2n) is 4.52. The van der Waals surface area contributed by atoms with E-state index in [1.165, 1.54) is 10.9 Å². The van der Waals surface area contributed by atoms with Crippen LogP contribution in [0.5, 0.6) is 0 Å².